The molecule has 28 heavy (non-hydrogen) atoms. The van der Waals surface area contributed by atoms with Gasteiger partial charge in [0, 0.05) is 36.0 Å². The van der Waals surface area contributed by atoms with Crippen LogP contribution in [0.15, 0.2) is 59.5 Å². The first-order valence-electron chi connectivity index (χ1n) is 9.68. The molecule has 0 amide bonds. The fraction of sp³-hybridized carbons (Fsp3) is 0.455. The second-order valence-electron chi connectivity index (χ2n) is 7.70. The van der Waals surface area contributed by atoms with E-state index in [1.807, 2.05) is 54.6 Å². The van der Waals surface area contributed by atoms with Crippen molar-refractivity contribution in [3.8, 4) is 0 Å². The van der Waals surface area contributed by atoms with E-state index in [1.165, 1.54) is 0 Å². The normalized spacial score (nSPS) is 17.3. The van der Waals surface area contributed by atoms with Gasteiger partial charge in [0.2, 0.25) is 0 Å². The molecule has 3 unspecified atom stereocenters. The summed E-state index contributed by atoms with van der Waals surface area (Å²) >= 11 is 0. The lowest BCUT2D eigenvalue weighted by molar-refractivity contribution is 0.115. The van der Waals surface area contributed by atoms with Gasteiger partial charge in [0.25, 0.3) is 0 Å². The van der Waals surface area contributed by atoms with Crippen molar-refractivity contribution in [1.82, 2.24) is 4.31 Å². The van der Waals surface area contributed by atoms with Crippen molar-refractivity contribution in [2.45, 2.75) is 37.3 Å². The maximum absolute atomic E-state index is 10.9. The van der Waals surface area contributed by atoms with Gasteiger partial charge in [-0.2, -0.15) is 0 Å². The summed E-state index contributed by atoms with van der Waals surface area (Å²) in [4.78, 5) is 1.08. The lowest BCUT2D eigenvalue weighted by atomic mass is 10.0. The summed E-state index contributed by atoms with van der Waals surface area (Å²) < 4.78 is 8.29. The molecule has 0 spiro atoms. The molecule has 3 atom stereocenters. The quantitative estimate of drug-likeness (QED) is 0.527. The molecule has 2 aromatic carbocycles. The van der Waals surface area contributed by atoms with Crippen LogP contribution < -0.4 is 11.5 Å². The van der Waals surface area contributed by atoms with Gasteiger partial charge in [-0.15, -0.1) is 0 Å². The molecule has 0 saturated heterocycles. The summed E-state index contributed by atoms with van der Waals surface area (Å²) in [5.41, 5.74) is 14.1. The van der Waals surface area contributed by atoms with Crippen LogP contribution in [0, 0.1) is 5.92 Å². The zero-order valence-corrected chi connectivity index (χ0v) is 18.2. The highest BCUT2D eigenvalue weighted by Crippen LogP contribution is 2.56. The van der Waals surface area contributed by atoms with Crippen LogP contribution in [0.3, 0.4) is 0 Å². The predicted octanol–water partition coefficient (Wildman–Crippen LogP) is 3.43. The third kappa shape index (κ3) is 5.96. The van der Waals surface area contributed by atoms with Crippen LogP contribution in [0.4, 0.5) is 5.69 Å². The van der Waals surface area contributed by atoms with Gasteiger partial charge >= 0.3 is 0 Å². The maximum Gasteiger partial charge on any atom is 0.0830 e. The van der Waals surface area contributed by atoms with Crippen molar-refractivity contribution in [3.63, 3.8) is 0 Å². The van der Waals surface area contributed by atoms with Crippen LogP contribution in [0.5, 0.6) is 0 Å². The van der Waals surface area contributed by atoms with E-state index in [2.05, 4.69) is 24.4 Å². The van der Waals surface area contributed by atoms with E-state index in [4.69, 9.17) is 15.7 Å². The van der Waals surface area contributed by atoms with Crippen LogP contribution in [-0.4, -0.2) is 48.0 Å². The highest BCUT2D eigenvalue weighted by atomic mass is 32.3. The molecule has 0 radical (unpaired) electrons. The van der Waals surface area contributed by atoms with Crippen LogP contribution in [0.1, 0.15) is 19.4 Å². The average molecular weight is 406 g/mol. The summed E-state index contributed by atoms with van der Waals surface area (Å²) in [7, 11) is -0.0160. The molecule has 0 aromatic heterocycles. The number of hydrogen-bond donors (Lipinski definition) is 3. The lowest BCUT2D eigenvalue weighted by Crippen LogP contribution is -2.46. The Morgan fingerprint density at radius 1 is 1.04 bits per heavy atom. The maximum atomic E-state index is 10.9. The number of aliphatic hydroxyl groups is 1. The molecular weight excluding hydrogens is 370 g/mol. The molecule has 5 nitrogen and oxygen atoms in total. The van der Waals surface area contributed by atoms with E-state index >= 15 is 0 Å². The minimum absolute atomic E-state index is 0.344. The Kier molecular flexibility index (Phi) is 8.34. The second kappa shape index (κ2) is 10.3. The third-order valence-electron chi connectivity index (χ3n) is 4.90. The van der Waals surface area contributed by atoms with Crippen molar-refractivity contribution in [1.29, 1.82) is 0 Å². The molecule has 0 aliphatic carbocycles. The van der Waals surface area contributed by atoms with E-state index in [9.17, 15) is 5.11 Å². The van der Waals surface area contributed by atoms with Gasteiger partial charge < -0.3 is 20.8 Å². The summed E-state index contributed by atoms with van der Waals surface area (Å²) in [6, 6.07) is 17.5. The van der Waals surface area contributed by atoms with Crippen LogP contribution >= 0.6 is 10.5 Å². The smallest absolute Gasteiger partial charge is 0.0830 e. The Hall–Kier alpha value is -1.57. The molecule has 156 valence electrons. The van der Waals surface area contributed by atoms with Crippen molar-refractivity contribution in [2.24, 2.45) is 11.7 Å². The standard InChI is InChI=1S/C22H35N3O2S/c1-17(2)15-25(28(4,27-3)20-12-10-19(23)11-13-20)16-22(26)21(24)14-18-8-6-5-7-9-18/h5-13,17,21-22,26H,14-16,23-24H2,1-4H3. The fourth-order valence-electron chi connectivity index (χ4n) is 3.20. The predicted molar refractivity (Wildman–Crippen MR) is 120 cm³/mol. The molecule has 5 N–H and O–H groups in total. The van der Waals surface area contributed by atoms with Crippen molar-refractivity contribution < 1.29 is 9.29 Å². The van der Waals surface area contributed by atoms with Gasteiger partial charge in [-0.05, 0) is 42.2 Å². The number of nitrogens with zero attached hydrogens (tertiary/aromatic N) is 1. The zero-order chi connectivity index (χ0) is 20.7. The number of nitrogens with two attached hydrogens (primary N) is 2. The van der Waals surface area contributed by atoms with Gasteiger partial charge in [0.1, 0.15) is 0 Å². The lowest BCUT2D eigenvalue weighted by Gasteiger charge is -2.46. The van der Waals surface area contributed by atoms with Crippen LogP contribution in [-0.2, 0) is 10.6 Å². The Labute approximate surface area is 171 Å². The molecule has 0 bridgehead atoms. The number of aliphatic hydroxyl groups excluding tert-OH is 1. The highest BCUT2D eigenvalue weighted by molar-refractivity contribution is 8.27. The van der Waals surface area contributed by atoms with Crippen molar-refractivity contribution in [3.05, 3.63) is 60.2 Å². The van der Waals surface area contributed by atoms with Crippen LogP contribution in [0.2, 0.25) is 0 Å². The van der Waals surface area contributed by atoms with E-state index in [0.717, 1.165) is 22.7 Å². The summed E-state index contributed by atoms with van der Waals surface area (Å²) in [6.07, 6.45) is 2.09. The van der Waals surface area contributed by atoms with Gasteiger partial charge in [-0.3, -0.25) is 0 Å². The summed E-state index contributed by atoms with van der Waals surface area (Å²) in [6.45, 7) is 5.60. The molecule has 0 fully saturated rings. The van der Waals surface area contributed by atoms with Gasteiger partial charge in [-0.1, -0.05) is 54.7 Å². The molecule has 6 heteroatoms. The number of hydrogen-bond acceptors (Lipinski definition) is 5. The van der Waals surface area contributed by atoms with Crippen LogP contribution in [0.25, 0.3) is 0 Å². The first-order chi connectivity index (χ1) is 13.3. The summed E-state index contributed by atoms with van der Waals surface area (Å²) in [5, 5.41) is 10.9. The first kappa shape index (κ1) is 22.7. The molecule has 0 aliphatic heterocycles. The molecule has 0 heterocycles. The number of nitrogen functional groups attached to an aromatic ring is 1. The van der Waals surface area contributed by atoms with E-state index in [1.54, 1.807) is 7.11 Å². The summed E-state index contributed by atoms with van der Waals surface area (Å²) in [5.74, 6) is 0.424. The molecule has 0 saturated carbocycles. The molecule has 2 aromatic rings. The second-order valence-corrected chi connectivity index (χ2v) is 10.6. The SMILES string of the molecule is COS(C)(c1ccc(N)cc1)N(CC(C)C)CC(O)C(N)Cc1ccccc1. The van der Waals surface area contributed by atoms with Gasteiger partial charge in [-0.25, -0.2) is 4.31 Å². The van der Waals surface area contributed by atoms with E-state index < -0.39 is 16.6 Å². The van der Waals surface area contributed by atoms with Crippen molar-refractivity contribution >= 4 is 16.2 Å². The third-order valence-corrected chi connectivity index (χ3v) is 7.98. The highest BCUT2D eigenvalue weighted by Gasteiger charge is 2.32. The fourth-order valence-corrected chi connectivity index (χ4v) is 5.57. The Bertz CT molecular complexity index is 711. The van der Waals surface area contributed by atoms with E-state index in [0.29, 0.717) is 18.9 Å². The molecule has 2 rings (SSSR count). The topological polar surface area (TPSA) is 84.7 Å². The number of anilines is 1. The Balaban J connectivity index is 2.20. The Morgan fingerprint density at radius 2 is 1.64 bits per heavy atom. The van der Waals surface area contributed by atoms with E-state index in [-0.39, 0.29) is 6.04 Å². The molecular formula is C22H35N3O2S. The average Bonchev–Trinajstić information content (AvgIpc) is 2.67. The van der Waals surface area contributed by atoms with Gasteiger partial charge in [0.15, 0.2) is 0 Å². The minimum Gasteiger partial charge on any atom is -0.399 e. The van der Waals surface area contributed by atoms with Gasteiger partial charge in [0.05, 0.1) is 13.2 Å². The monoisotopic (exact) mass is 405 g/mol. The largest absolute Gasteiger partial charge is 0.399 e. The zero-order valence-electron chi connectivity index (χ0n) is 17.4. The molecule has 0 aliphatic rings. The Morgan fingerprint density at radius 3 is 2.18 bits per heavy atom. The first-order valence-corrected chi connectivity index (χ1v) is 11.6. The number of benzene rings is 2. The minimum atomic E-state index is -1.75. The van der Waals surface area contributed by atoms with Crippen molar-refractivity contribution in [2.75, 3.05) is 32.2 Å². The number of rotatable bonds is 10.